The molecule has 0 bridgehead atoms. The van der Waals surface area contributed by atoms with E-state index in [9.17, 15) is 8.42 Å². The van der Waals surface area contributed by atoms with Crippen molar-refractivity contribution in [2.45, 2.75) is 42.0 Å². The van der Waals surface area contributed by atoms with Gasteiger partial charge >= 0.3 is 0 Å². The molecule has 0 atom stereocenters. The molecule has 2 aromatic rings. The summed E-state index contributed by atoms with van der Waals surface area (Å²) < 4.78 is 24.8. The fourth-order valence-electron chi connectivity index (χ4n) is 1.78. The van der Waals surface area contributed by atoms with Gasteiger partial charge in [-0.1, -0.05) is 35.1 Å². The maximum atomic E-state index is 11.1. The van der Waals surface area contributed by atoms with Gasteiger partial charge in [0, 0.05) is 37.1 Å². The quantitative estimate of drug-likeness (QED) is 0.752. The third-order valence-corrected chi connectivity index (χ3v) is 5.02. The van der Waals surface area contributed by atoms with Gasteiger partial charge in [0.15, 0.2) is 5.13 Å². The first kappa shape index (κ1) is 27.2. The number of hydrogen-bond acceptors (Lipinski definition) is 7. The van der Waals surface area contributed by atoms with Gasteiger partial charge in [0.2, 0.25) is 10.0 Å². The third-order valence-electron chi connectivity index (χ3n) is 2.76. The molecular formula is C17H34N4O2S3. The Kier molecular flexibility index (Phi) is 13.8. The van der Waals surface area contributed by atoms with Gasteiger partial charge in [0.25, 0.3) is 0 Å². The number of aromatic nitrogens is 2. The Balaban J connectivity index is 0. The first-order chi connectivity index (χ1) is 11.6. The maximum absolute atomic E-state index is 11.1. The minimum Gasteiger partial charge on any atom is -0.351 e. The van der Waals surface area contributed by atoms with Crippen LogP contribution in [0.25, 0.3) is 0 Å². The maximum Gasteiger partial charge on any atom is 0.208 e. The molecule has 0 spiro atoms. The highest BCUT2D eigenvalue weighted by Crippen LogP contribution is 2.23. The van der Waals surface area contributed by atoms with E-state index in [-0.39, 0.29) is 12.8 Å². The Hall–Kier alpha value is -1.03. The fraction of sp³-hybridized carbons (Fsp3) is 0.647. The van der Waals surface area contributed by atoms with Crippen molar-refractivity contribution in [3.05, 3.63) is 28.2 Å². The van der Waals surface area contributed by atoms with Gasteiger partial charge in [0.05, 0.1) is 17.5 Å². The van der Waals surface area contributed by atoms with Crippen molar-refractivity contribution in [1.82, 2.24) is 14.7 Å². The molecule has 0 aliphatic rings. The van der Waals surface area contributed by atoms with E-state index >= 15 is 0 Å². The van der Waals surface area contributed by atoms with E-state index < -0.39 is 10.0 Å². The van der Waals surface area contributed by atoms with Gasteiger partial charge in [-0.25, -0.2) is 18.1 Å². The largest absolute Gasteiger partial charge is 0.351 e. The first-order valence-corrected chi connectivity index (χ1v) is 11.7. The van der Waals surface area contributed by atoms with Crippen molar-refractivity contribution in [3.63, 3.8) is 0 Å². The zero-order chi connectivity index (χ0) is 19.5. The van der Waals surface area contributed by atoms with Gasteiger partial charge in [-0.15, -0.1) is 22.7 Å². The molecule has 0 unspecified atom stereocenters. The molecule has 152 valence electrons. The molecule has 1 N–H and O–H groups in total. The summed E-state index contributed by atoms with van der Waals surface area (Å²) in [6.07, 6.45) is 2.95. The predicted molar refractivity (Wildman–Crippen MR) is 117 cm³/mol. The van der Waals surface area contributed by atoms with Crippen molar-refractivity contribution in [1.29, 1.82) is 0 Å². The summed E-state index contributed by atoms with van der Waals surface area (Å²) in [4.78, 5) is 10.2. The Morgan fingerprint density at radius 3 is 2.27 bits per heavy atom. The van der Waals surface area contributed by atoms with Crippen LogP contribution < -0.4 is 9.62 Å². The van der Waals surface area contributed by atoms with Crippen LogP contribution in [0.3, 0.4) is 0 Å². The smallest absolute Gasteiger partial charge is 0.208 e. The lowest BCUT2D eigenvalue weighted by Crippen LogP contribution is -2.40. The molecule has 0 aliphatic carbocycles. The predicted octanol–water partition coefficient (Wildman–Crippen LogP) is 4.27. The number of aryl methyl sites for hydroxylation is 1. The van der Waals surface area contributed by atoms with Gasteiger partial charge in [-0.2, -0.15) is 0 Å². The van der Waals surface area contributed by atoms with Crippen LogP contribution in [0.4, 0.5) is 5.13 Å². The van der Waals surface area contributed by atoms with Crippen LogP contribution in [0.5, 0.6) is 0 Å². The lowest BCUT2D eigenvalue weighted by atomic mass is 9.93. The van der Waals surface area contributed by atoms with Crippen LogP contribution >= 0.6 is 22.7 Å². The summed E-state index contributed by atoms with van der Waals surface area (Å²) in [6, 6.07) is 0. The van der Waals surface area contributed by atoms with Gasteiger partial charge in [-0.3, -0.25) is 4.98 Å². The third kappa shape index (κ3) is 13.2. The second kappa shape index (κ2) is 13.2. The summed E-state index contributed by atoms with van der Waals surface area (Å²) in [6.45, 7) is 11.2. The number of hydrogen-bond donors (Lipinski definition) is 1. The Labute approximate surface area is 167 Å². The van der Waals surface area contributed by atoms with Crippen LogP contribution in [0.15, 0.2) is 22.5 Å². The molecule has 0 aromatic carbocycles. The van der Waals surface area contributed by atoms with Crippen LogP contribution in [0.1, 0.15) is 40.8 Å². The van der Waals surface area contributed by atoms with Crippen molar-refractivity contribution >= 4 is 37.8 Å². The SMILES string of the molecule is C.CC.Cc1csc(N(C)CC(C)(C)CNS(C)(=O)=O)n1.c1cscn1. The highest BCUT2D eigenvalue weighted by atomic mass is 32.2. The van der Waals surface area contributed by atoms with E-state index in [1.54, 1.807) is 34.4 Å². The highest BCUT2D eigenvalue weighted by Gasteiger charge is 2.22. The number of rotatable bonds is 6. The topological polar surface area (TPSA) is 75.2 Å². The summed E-state index contributed by atoms with van der Waals surface area (Å²) in [5.41, 5.74) is 2.64. The fourth-order valence-corrected chi connectivity index (χ4v) is 3.56. The van der Waals surface area contributed by atoms with E-state index in [1.165, 1.54) is 6.26 Å². The molecule has 0 saturated carbocycles. The molecule has 2 aromatic heterocycles. The molecule has 26 heavy (non-hydrogen) atoms. The standard InChI is InChI=1S/C11H21N3O2S2.C3H3NS.C2H6.CH4/c1-9-6-17-10(13-9)14(4)8-11(2,3)7-12-18(5,15)16;1-2-5-3-4-1;1-2;/h6,12H,7-8H2,1-5H3;1-3H;1-2H3;1H4. The van der Waals surface area contributed by atoms with Crippen LogP contribution in [0.2, 0.25) is 0 Å². The van der Waals surface area contributed by atoms with Gasteiger partial charge < -0.3 is 4.90 Å². The monoisotopic (exact) mass is 422 g/mol. The molecule has 2 heterocycles. The molecular weight excluding hydrogens is 388 g/mol. The molecule has 0 radical (unpaired) electrons. The van der Waals surface area contributed by atoms with E-state index in [4.69, 9.17) is 0 Å². The van der Waals surface area contributed by atoms with Crippen molar-refractivity contribution < 1.29 is 8.42 Å². The second-order valence-corrected chi connectivity index (χ2v) is 9.49. The summed E-state index contributed by atoms with van der Waals surface area (Å²) in [5, 5.41) is 4.90. The van der Waals surface area contributed by atoms with Crippen molar-refractivity contribution in [3.8, 4) is 0 Å². The number of thiazole rings is 2. The van der Waals surface area contributed by atoms with E-state index in [0.717, 1.165) is 17.4 Å². The Morgan fingerprint density at radius 2 is 1.92 bits per heavy atom. The lowest BCUT2D eigenvalue weighted by molar-refractivity contribution is 0.369. The molecule has 0 saturated heterocycles. The molecule has 0 fully saturated rings. The van der Waals surface area contributed by atoms with E-state index in [2.05, 4.69) is 19.6 Å². The van der Waals surface area contributed by atoms with Crippen molar-refractivity contribution in [2.24, 2.45) is 5.41 Å². The highest BCUT2D eigenvalue weighted by molar-refractivity contribution is 7.88. The van der Waals surface area contributed by atoms with Crippen LogP contribution in [-0.4, -0.2) is 44.8 Å². The molecule has 6 nitrogen and oxygen atoms in total. The number of anilines is 1. The van der Waals surface area contributed by atoms with E-state index in [0.29, 0.717) is 6.54 Å². The number of nitrogens with one attached hydrogen (secondary N) is 1. The zero-order valence-electron chi connectivity index (χ0n) is 16.1. The van der Waals surface area contributed by atoms with Crippen LogP contribution in [0, 0.1) is 12.3 Å². The lowest BCUT2D eigenvalue weighted by Gasteiger charge is -2.30. The summed E-state index contributed by atoms with van der Waals surface area (Å²) >= 11 is 3.20. The van der Waals surface area contributed by atoms with Crippen molar-refractivity contribution in [2.75, 3.05) is 31.3 Å². The number of nitrogens with zero attached hydrogens (tertiary/aromatic N) is 3. The number of sulfonamides is 1. The minimum absolute atomic E-state index is 0. The molecule has 0 aliphatic heterocycles. The average Bonchev–Trinajstić information content (AvgIpc) is 3.20. The minimum atomic E-state index is -3.14. The van der Waals surface area contributed by atoms with Crippen LogP contribution in [-0.2, 0) is 10.0 Å². The zero-order valence-corrected chi connectivity index (χ0v) is 18.6. The Bertz CT molecular complexity index is 651. The molecule has 9 heteroatoms. The summed E-state index contributed by atoms with van der Waals surface area (Å²) in [5.74, 6) is 0. The molecule has 0 amide bonds. The first-order valence-electron chi connectivity index (χ1n) is 7.99. The van der Waals surface area contributed by atoms with Gasteiger partial charge in [-0.05, 0) is 12.3 Å². The second-order valence-electron chi connectivity index (χ2n) is 6.06. The Morgan fingerprint density at radius 1 is 1.31 bits per heavy atom. The van der Waals surface area contributed by atoms with Gasteiger partial charge in [0.1, 0.15) is 0 Å². The average molecular weight is 423 g/mol. The van der Waals surface area contributed by atoms with E-state index in [1.807, 2.05) is 52.4 Å². The molecule has 2 rings (SSSR count). The summed E-state index contributed by atoms with van der Waals surface area (Å²) in [7, 11) is -1.16. The normalized spacial score (nSPS) is 10.6.